The molecule has 3 aromatic carbocycles. The molecule has 0 aliphatic rings. The lowest BCUT2D eigenvalue weighted by atomic mass is 10.1. The number of halogens is 2. The van der Waals surface area contributed by atoms with Crippen LogP contribution in [-0.4, -0.2) is 35.9 Å². The number of amides is 2. The summed E-state index contributed by atoms with van der Waals surface area (Å²) in [7, 11) is 0. The Morgan fingerprint density at radius 2 is 1.74 bits per heavy atom. The number of rotatable bonds is 10. The molecule has 0 saturated heterocycles. The fourth-order valence-corrected chi connectivity index (χ4v) is 4.04. The van der Waals surface area contributed by atoms with Gasteiger partial charge in [-0.3, -0.25) is 9.59 Å². The van der Waals surface area contributed by atoms with Gasteiger partial charge in [-0.25, -0.2) is 0 Å². The van der Waals surface area contributed by atoms with Crippen LogP contribution in [0, 0.1) is 5.92 Å². The van der Waals surface area contributed by atoms with Crippen molar-refractivity contribution in [3.63, 3.8) is 0 Å². The maximum absolute atomic E-state index is 13.4. The van der Waals surface area contributed by atoms with Crippen LogP contribution < -0.4 is 10.1 Å². The molecule has 0 spiro atoms. The third-order valence-corrected chi connectivity index (χ3v) is 6.25. The maximum atomic E-state index is 13.4. The molecule has 34 heavy (non-hydrogen) atoms. The number of nitrogens with zero attached hydrogens (tertiary/aromatic N) is 1. The average molecular weight is 501 g/mol. The molecule has 1 N–H and O–H groups in total. The van der Waals surface area contributed by atoms with E-state index in [9.17, 15) is 9.59 Å². The van der Waals surface area contributed by atoms with Crippen molar-refractivity contribution >= 4 is 45.8 Å². The summed E-state index contributed by atoms with van der Waals surface area (Å²) in [6.07, 6.45) is 0.464. The van der Waals surface area contributed by atoms with Gasteiger partial charge in [-0.1, -0.05) is 86.4 Å². The fourth-order valence-electron chi connectivity index (χ4n) is 3.72. The van der Waals surface area contributed by atoms with Gasteiger partial charge in [-0.2, -0.15) is 0 Å². The van der Waals surface area contributed by atoms with Crippen LogP contribution in [0.4, 0.5) is 0 Å². The monoisotopic (exact) mass is 500 g/mol. The normalized spacial score (nSPS) is 11.9. The van der Waals surface area contributed by atoms with Crippen molar-refractivity contribution in [3.8, 4) is 5.75 Å². The third kappa shape index (κ3) is 6.64. The zero-order chi connectivity index (χ0) is 24.7. The van der Waals surface area contributed by atoms with Gasteiger partial charge < -0.3 is 15.0 Å². The summed E-state index contributed by atoms with van der Waals surface area (Å²) in [5.41, 5.74) is 0.781. The van der Waals surface area contributed by atoms with Crippen LogP contribution in [0.25, 0.3) is 10.8 Å². The van der Waals surface area contributed by atoms with E-state index in [1.807, 2.05) is 63.2 Å². The summed E-state index contributed by atoms with van der Waals surface area (Å²) < 4.78 is 5.95. The summed E-state index contributed by atoms with van der Waals surface area (Å²) in [6, 6.07) is 18.1. The maximum Gasteiger partial charge on any atom is 0.261 e. The van der Waals surface area contributed by atoms with Gasteiger partial charge in [0.15, 0.2) is 6.61 Å². The summed E-state index contributed by atoms with van der Waals surface area (Å²) in [4.78, 5) is 28.0. The fraction of sp³-hybridized carbons (Fsp3) is 0.333. The molecule has 0 aliphatic carbocycles. The molecule has 7 heteroatoms. The van der Waals surface area contributed by atoms with Crippen LogP contribution in [0.5, 0.6) is 5.75 Å². The van der Waals surface area contributed by atoms with Gasteiger partial charge >= 0.3 is 0 Å². The van der Waals surface area contributed by atoms with Crippen LogP contribution in [0.3, 0.4) is 0 Å². The Hall–Kier alpha value is -2.76. The number of fused-ring (bicyclic) bond motifs is 1. The predicted molar refractivity (Wildman–Crippen MR) is 138 cm³/mol. The highest BCUT2D eigenvalue weighted by molar-refractivity contribution is 6.42. The molecule has 3 aromatic rings. The van der Waals surface area contributed by atoms with E-state index in [2.05, 4.69) is 5.32 Å². The molecule has 1 unspecified atom stereocenters. The topological polar surface area (TPSA) is 58.6 Å². The number of carbonyl (C=O) groups is 2. The summed E-state index contributed by atoms with van der Waals surface area (Å²) in [6.45, 7) is 6.50. The highest BCUT2D eigenvalue weighted by Gasteiger charge is 2.29. The Labute approximate surface area is 211 Å². The van der Waals surface area contributed by atoms with Crippen molar-refractivity contribution in [2.75, 3.05) is 13.2 Å². The first-order valence-corrected chi connectivity index (χ1v) is 12.2. The molecule has 5 nitrogen and oxygen atoms in total. The smallest absolute Gasteiger partial charge is 0.261 e. The molecule has 1 atom stereocenters. The van der Waals surface area contributed by atoms with E-state index in [1.54, 1.807) is 23.1 Å². The van der Waals surface area contributed by atoms with Crippen molar-refractivity contribution in [1.82, 2.24) is 10.2 Å². The standard InChI is InChI=1S/C27H30Cl2N2O3/c1-4-24(27(33)30-15-18(2)3)31(16-19-12-13-22(28)23(29)14-19)26(32)17-34-25-11-7-9-20-8-5-6-10-21(20)25/h5-14,18,24H,4,15-17H2,1-3H3,(H,30,33). The van der Waals surface area contributed by atoms with E-state index in [-0.39, 0.29) is 25.0 Å². The number of ether oxygens (including phenoxy) is 1. The Kier molecular flexibility index (Phi) is 9.20. The minimum Gasteiger partial charge on any atom is -0.483 e. The molecule has 0 aromatic heterocycles. The van der Waals surface area contributed by atoms with Gasteiger partial charge in [0.05, 0.1) is 10.0 Å². The van der Waals surface area contributed by atoms with Gasteiger partial charge in [-0.05, 0) is 41.5 Å². The molecule has 3 rings (SSSR count). The van der Waals surface area contributed by atoms with Crippen molar-refractivity contribution < 1.29 is 14.3 Å². The van der Waals surface area contributed by atoms with Crippen molar-refractivity contribution in [3.05, 3.63) is 76.3 Å². The van der Waals surface area contributed by atoms with Crippen molar-refractivity contribution in [2.45, 2.75) is 39.8 Å². The average Bonchev–Trinajstić information content (AvgIpc) is 2.83. The van der Waals surface area contributed by atoms with Crippen molar-refractivity contribution in [1.29, 1.82) is 0 Å². The largest absolute Gasteiger partial charge is 0.483 e. The number of nitrogens with one attached hydrogen (secondary N) is 1. The van der Waals surface area contributed by atoms with Gasteiger partial charge in [0.1, 0.15) is 11.8 Å². The lowest BCUT2D eigenvalue weighted by Gasteiger charge is -2.31. The predicted octanol–water partition coefficient (Wildman–Crippen LogP) is 6.11. The van der Waals surface area contributed by atoms with Crippen LogP contribution in [0.15, 0.2) is 60.7 Å². The van der Waals surface area contributed by atoms with Crippen LogP contribution >= 0.6 is 23.2 Å². The molecule has 0 fully saturated rings. The lowest BCUT2D eigenvalue weighted by Crippen LogP contribution is -2.50. The molecule has 2 amide bonds. The highest BCUT2D eigenvalue weighted by Crippen LogP contribution is 2.26. The van der Waals surface area contributed by atoms with E-state index < -0.39 is 6.04 Å². The second kappa shape index (κ2) is 12.1. The van der Waals surface area contributed by atoms with E-state index in [0.717, 1.165) is 16.3 Å². The van der Waals surface area contributed by atoms with Gasteiger partial charge in [0, 0.05) is 18.5 Å². The Morgan fingerprint density at radius 1 is 1.00 bits per heavy atom. The lowest BCUT2D eigenvalue weighted by molar-refractivity contribution is -0.143. The molecule has 0 radical (unpaired) electrons. The minimum absolute atomic E-state index is 0.185. The Balaban J connectivity index is 1.83. The van der Waals surface area contributed by atoms with Crippen LogP contribution in [0.2, 0.25) is 10.0 Å². The SMILES string of the molecule is CCC(C(=O)NCC(C)C)N(Cc1ccc(Cl)c(Cl)c1)C(=O)COc1cccc2ccccc12. The minimum atomic E-state index is -0.642. The third-order valence-electron chi connectivity index (χ3n) is 5.51. The number of hydrogen-bond donors (Lipinski definition) is 1. The zero-order valence-electron chi connectivity index (χ0n) is 19.7. The van der Waals surface area contributed by atoms with E-state index >= 15 is 0 Å². The molecule has 0 bridgehead atoms. The molecule has 180 valence electrons. The summed E-state index contributed by atoms with van der Waals surface area (Å²) in [5, 5.41) is 5.74. The van der Waals surface area contributed by atoms with Gasteiger partial charge in [0.25, 0.3) is 5.91 Å². The first kappa shape index (κ1) is 25.9. The van der Waals surface area contributed by atoms with Crippen molar-refractivity contribution in [2.24, 2.45) is 5.92 Å². The quantitative estimate of drug-likeness (QED) is 0.365. The molecule has 0 heterocycles. The first-order chi connectivity index (χ1) is 16.3. The molecule has 0 saturated carbocycles. The summed E-state index contributed by atoms with van der Waals surface area (Å²) >= 11 is 12.3. The van der Waals surface area contributed by atoms with Gasteiger partial charge in [0.2, 0.25) is 5.91 Å². The number of benzene rings is 3. The Morgan fingerprint density at radius 3 is 2.44 bits per heavy atom. The zero-order valence-corrected chi connectivity index (χ0v) is 21.2. The Bertz CT molecular complexity index is 1140. The number of carbonyl (C=O) groups excluding carboxylic acids is 2. The second-order valence-electron chi connectivity index (χ2n) is 8.60. The van der Waals surface area contributed by atoms with E-state index in [0.29, 0.717) is 34.7 Å². The molecular weight excluding hydrogens is 471 g/mol. The molecule has 0 aliphatic heterocycles. The van der Waals surface area contributed by atoms with Crippen LogP contribution in [-0.2, 0) is 16.1 Å². The highest BCUT2D eigenvalue weighted by atomic mass is 35.5. The van der Waals surface area contributed by atoms with Crippen LogP contribution in [0.1, 0.15) is 32.8 Å². The van der Waals surface area contributed by atoms with E-state index in [4.69, 9.17) is 27.9 Å². The first-order valence-electron chi connectivity index (χ1n) is 11.4. The summed E-state index contributed by atoms with van der Waals surface area (Å²) in [5.74, 6) is 0.453. The van der Waals surface area contributed by atoms with E-state index in [1.165, 1.54) is 0 Å². The van der Waals surface area contributed by atoms with Gasteiger partial charge in [-0.15, -0.1) is 0 Å². The molecular formula is C27H30Cl2N2O3. The number of hydrogen-bond acceptors (Lipinski definition) is 3. The second-order valence-corrected chi connectivity index (χ2v) is 9.41.